The van der Waals surface area contributed by atoms with Gasteiger partial charge in [-0.3, -0.25) is 9.59 Å². The second-order valence-electron chi connectivity index (χ2n) is 3.86. The highest BCUT2D eigenvalue weighted by atomic mass is 19.4. The molecule has 0 unspecified atom stereocenters. The van der Waals surface area contributed by atoms with Crippen molar-refractivity contribution in [2.75, 3.05) is 18.4 Å². The molecule has 0 saturated carbocycles. The van der Waals surface area contributed by atoms with Crippen LogP contribution in [0.25, 0.3) is 0 Å². The minimum absolute atomic E-state index is 0.105. The van der Waals surface area contributed by atoms with Crippen LogP contribution in [0.1, 0.15) is 23.0 Å². The van der Waals surface area contributed by atoms with Crippen molar-refractivity contribution in [2.45, 2.75) is 13.1 Å². The molecule has 0 saturated heterocycles. The standard InChI is InChI=1S/C11H13F3N4O2/c1-6(19)16-4-5-17-10-7(9(15)20)2-3-8(18-10)11(12,13)14/h2-3H,4-5H2,1H3,(H2,15,20)(H,16,19)(H,17,18). The molecule has 110 valence electrons. The predicted molar refractivity (Wildman–Crippen MR) is 64.9 cm³/mol. The van der Waals surface area contributed by atoms with Crippen molar-refractivity contribution >= 4 is 17.6 Å². The van der Waals surface area contributed by atoms with Gasteiger partial charge in [-0.25, -0.2) is 4.98 Å². The third-order valence-corrected chi connectivity index (χ3v) is 2.24. The Bertz CT molecular complexity index is 517. The number of carbonyl (C=O) groups excluding carboxylic acids is 2. The maximum Gasteiger partial charge on any atom is 0.433 e. The van der Waals surface area contributed by atoms with Gasteiger partial charge >= 0.3 is 6.18 Å². The number of anilines is 1. The fourth-order valence-electron chi connectivity index (χ4n) is 1.37. The Morgan fingerprint density at radius 2 is 1.95 bits per heavy atom. The number of halogens is 3. The van der Waals surface area contributed by atoms with Crippen LogP contribution in [-0.4, -0.2) is 29.9 Å². The molecular formula is C11H13F3N4O2. The second kappa shape index (κ2) is 6.22. The summed E-state index contributed by atoms with van der Waals surface area (Å²) in [5, 5.41) is 4.98. The van der Waals surface area contributed by atoms with Crippen molar-refractivity contribution in [1.29, 1.82) is 0 Å². The van der Waals surface area contributed by atoms with Gasteiger partial charge < -0.3 is 16.4 Å². The zero-order chi connectivity index (χ0) is 15.3. The number of hydrogen-bond acceptors (Lipinski definition) is 4. The monoisotopic (exact) mass is 290 g/mol. The SMILES string of the molecule is CC(=O)NCCNc1nc(C(F)(F)F)ccc1C(N)=O. The second-order valence-corrected chi connectivity index (χ2v) is 3.86. The zero-order valence-electron chi connectivity index (χ0n) is 10.5. The minimum Gasteiger partial charge on any atom is -0.368 e. The molecule has 0 fully saturated rings. The highest BCUT2D eigenvalue weighted by Crippen LogP contribution is 2.29. The van der Waals surface area contributed by atoms with Gasteiger partial charge in [-0.2, -0.15) is 13.2 Å². The smallest absolute Gasteiger partial charge is 0.368 e. The van der Waals surface area contributed by atoms with Crippen LogP contribution in [-0.2, 0) is 11.0 Å². The molecule has 0 aliphatic heterocycles. The van der Waals surface area contributed by atoms with Crippen LogP contribution >= 0.6 is 0 Å². The molecule has 1 rings (SSSR count). The number of hydrogen-bond donors (Lipinski definition) is 3. The molecule has 1 heterocycles. The summed E-state index contributed by atoms with van der Waals surface area (Å²) >= 11 is 0. The van der Waals surface area contributed by atoms with E-state index in [-0.39, 0.29) is 30.4 Å². The minimum atomic E-state index is -4.62. The van der Waals surface area contributed by atoms with Crippen molar-refractivity contribution in [1.82, 2.24) is 10.3 Å². The Morgan fingerprint density at radius 3 is 2.45 bits per heavy atom. The Hall–Kier alpha value is -2.32. The molecule has 0 aliphatic rings. The molecule has 0 aliphatic carbocycles. The third kappa shape index (κ3) is 4.41. The Labute approximate surface area is 112 Å². The largest absolute Gasteiger partial charge is 0.433 e. The van der Waals surface area contributed by atoms with E-state index in [1.54, 1.807) is 0 Å². The number of carbonyl (C=O) groups is 2. The first-order chi connectivity index (χ1) is 9.21. The Balaban J connectivity index is 2.89. The Morgan fingerprint density at radius 1 is 1.30 bits per heavy atom. The van der Waals surface area contributed by atoms with E-state index >= 15 is 0 Å². The van der Waals surface area contributed by atoms with E-state index in [9.17, 15) is 22.8 Å². The molecule has 0 bridgehead atoms. The van der Waals surface area contributed by atoms with Gasteiger partial charge in [-0.1, -0.05) is 0 Å². The molecule has 4 N–H and O–H groups in total. The van der Waals surface area contributed by atoms with Crippen LogP contribution in [0.2, 0.25) is 0 Å². The predicted octanol–water partition coefficient (Wildman–Crippen LogP) is 0.747. The number of alkyl halides is 3. The maximum absolute atomic E-state index is 12.5. The van der Waals surface area contributed by atoms with E-state index in [1.807, 2.05) is 0 Å². The van der Waals surface area contributed by atoms with Crippen LogP contribution in [0.4, 0.5) is 19.0 Å². The van der Waals surface area contributed by atoms with Gasteiger partial charge in [0.2, 0.25) is 5.91 Å². The average Bonchev–Trinajstić information content (AvgIpc) is 2.32. The van der Waals surface area contributed by atoms with Gasteiger partial charge in [0.15, 0.2) is 0 Å². The van der Waals surface area contributed by atoms with Crippen molar-refractivity contribution in [2.24, 2.45) is 5.73 Å². The zero-order valence-corrected chi connectivity index (χ0v) is 10.5. The van der Waals surface area contributed by atoms with E-state index in [1.165, 1.54) is 6.92 Å². The van der Waals surface area contributed by atoms with Crippen molar-refractivity contribution in [3.63, 3.8) is 0 Å². The van der Waals surface area contributed by atoms with Gasteiger partial charge in [-0.05, 0) is 12.1 Å². The highest BCUT2D eigenvalue weighted by Gasteiger charge is 2.33. The van der Waals surface area contributed by atoms with Gasteiger partial charge in [0, 0.05) is 20.0 Å². The van der Waals surface area contributed by atoms with Crippen LogP contribution < -0.4 is 16.4 Å². The quantitative estimate of drug-likeness (QED) is 0.697. The number of nitrogens with zero attached hydrogens (tertiary/aromatic N) is 1. The van der Waals surface area contributed by atoms with Crippen LogP contribution in [0.5, 0.6) is 0 Å². The molecule has 0 radical (unpaired) electrons. The molecule has 20 heavy (non-hydrogen) atoms. The highest BCUT2D eigenvalue weighted by molar-refractivity contribution is 5.97. The summed E-state index contributed by atoms with van der Waals surface area (Å²) in [4.78, 5) is 25.1. The summed E-state index contributed by atoms with van der Waals surface area (Å²) in [6.45, 7) is 1.58. The lowest BCUT2D eigenvalue weighted by molar-refractivity contribution is -0.141. The van der Waals surface area contributed by atoms with E-state index in [4.69, 9.17) is 5.73 Å². The molecule has 0 spiro atoms. The van der Waals surface area contributed by atoms with E-state index in [0.29, 0.717) is 6.07 Å². The molecule has 9 heteroatoms. The molecule has 1 aromatic heterocycles. The van der Waals surface area contributed by atoms with Gasteiger partial charge in [-0.15, -0.1) is 0 Å². The van der Waals surface area contributed by atoms with Crippen molar-refractivity contribution in [3.8, 4) is 0 Å². The first-order valence-corrected chi connectivity index (χ1v) is 5.58. The molecule has 1 aromatic rings. The number of rotatable bonds is 5. The normalized spacial score (nSPS) is 11.0. The summed E-state index contributed by atoms with van der Waals surface area (Å²) in [7, 11) is 0. The van der Waals surface area contributed by atoms with E-state index < -0.39 is 17.8 Å². The Kier molecular flexibility index (Phi) is 4.89. The summed E-state index contributed by atoms with van der Waals surface area (Å²) in [5.41, 5.74) is 3.77. The van der Waals surface area contributed by atoms with Gasteiger partial charge in [0.1, 0.15) is 11.5 Å². The first-order valence-electron chi connectivity index (χ1n) is 5.58. The van der Waals surface area contributed by atoms with Crippen LogP contribution in [0, 0.1) is 0 Å². The van der Waals surface area contributed by atoms with Crippen molar-refractivity contribution < 1.29 is 22.8 Å². The molecule has 2 amide bonds. The summed E-state index contributed by atoms with van der Waals surface area (Å²) < 4.78 is 37.6. The fraction of sp³-hybridized carbons (Fsp3) is 0.364. The summed E-state index contributed by atoms with van der Waals surface area (Å²) in [6.07, 6.45) is -4.62. The maximum atomic E-state index is 12.5. The van der Waals surface area contributed by atoms with Crippen LogP contribution in [0.3, 0.4) is 0 Å². The van der Waals surface area contributed by atoms with E-state index in [0.717, 1.165) is 6.07 Å². The lowest BCUT2D eigenvalue weighted by atomic mass is 10.2. The van der Waals surface area contributed by atoms with E-state index in [2.05, 4.69) is 15.6 Å². The first kappa shape index (κ1) is 15.7. The van der Waals surface area contributed by atoms with Gasteiger partial charge in [0.05, 0.1) is 5.56 Å². The fourth-order valence-corrected chi connectivity index (χ4v) is 1.37. The summed E-state index contributed by atoms with van der Waals surface area (Å²) in [5.74, 6) is -1.44. The third-order valence-electron chi connectivity index (χ3n) is 2.24. The number of pyridine rings is 1. The lowest BCUT2D eigenvalue weighted by Crippen LogP contribution is -2.27. The summed E-state index contributed by atoms with van der Waals surface area (Å²) in [6, 6.07) is 1.64. The molecular weight excluding hydrogens is 277 g/mol. The van der Waals surface area contributed by atoms with Crippen LogP contribution in [0.15, 0.2) is 12.1 Å². The average molecular weight is 290 g/mol. The number of nitrogens with two attached hydrogens (primary N) is 1. The number of amides is 2. The van der Waals surface area contributed by atoms with Gasteiger partial charge in [0.25, 0.3) is 5.91 Å². The lowest BCUT2D eigenvalue weighted by Gasteiger charge is -2.12. The number of primary amides is 1. The van der Waals surface area contributed by atoms with Crippen molar-refractivity contribution in [3.05, 3.63) is 23.4 Å². The molecule has 0 aromatic carbocycles. The topological polar surface area (TPSA) is 97.1 Å². The number of aromatic nitrogens is 1. The number of nitrogens with one attached hydrogen (secondary N) is 2. The molecule has 6 nitrogen and oxygen atoms in total. The molecule has 0 atom stereocenters.